The van der Waals surface area contributed by atoms with Gasteiger partial charge < -0.3 is 10.1 Å². The van der Waals surface area contributed by atoms with Crippen LogP contribution in [0.4, 0.5) is 11.4 Å². The first-order valence-corrected chi connectivity index (χ1v) is 6.96. The summed E-state index contributed by atoms with van der Waals surface area (Å²) in [5.41, 5.74) is 2.74. The predicted octanol–water partition coefficient (Wildman–Crippen LogP) is 1.57. The Kier molecular flexibility index (Phi) is 3.44. The van der Waals surface area contributed by atoms with E-state index in [1.807, 2.05) is 18.2 Å². The number of amides is 2. The van der Waals surface area contributed by atoms with Gasteiger partial charge in [-0.3, -0.25) is 9.59 Å². The maximum Gasteiger partial charge on any atom is 0.239 e. The molecule has 20 heavy (non-hydrogen) atoms. The molecule has 1 aromatic rings. The maximum absolute atomic E-state index is 12.6. The van der Waals surface area contributed by atoms with Crippen LogP contribution in [0.25, 0.3) is 0 Å². The van der Waals surface area contributed by atoms with Gasteiger partial charge in [-0.05, 0) is 24.5 Å². The molecule has 0 saturated carbocycles. The second-order valence-electron chi connectivity index (χ2n) is 5.24. The van der Waals surface area contributed by atoms with Crippen molar-refractivity contribution in [2.24, 2.45) is 5.92 Å². The van der Waals surface area contributed by atoms with E-state index < -0.39 is 0 Å². The van der Waals surface area contributed by atoms with Crippen LogP contribution in [-0.4, -0.2) is 31.6 Å². The second-order valence-corrected chi connectivity index (χ2v) is 5.24. The van der Waals surface area contributed by atoms with Crippen LogP contribution in [0.2, 0.25) is 0 Å². The van der Waals surface area contributed by atoms with Crippen LogP contribution in [0.3, 0.4) is 0 Å². The number of imide groups is 1. The topological polar surface area (TPSA) is 58.6 Å². The second kappa shape index (κ2) is 5.25. The summed E-state index contributed by atoms with van der Waals surface area (Å²) in [5.74, 6) is -0.614. The first-order chi connectivity index (χ1) is 9.68. The molecular weight excluding hydrogens is 256 g/mol. The smallest absolute Gasteiger partial charge is 0.239 e. The van der Waals surface area contributed by atoms with Crippen molar-refractivity contribution in [3.63, 3.8) is 0 Å². The normalized spacial score (nSPS) is 20.4. The van der Waals surface area contributed by atoms with E-state index in [1.165, 1.54) is 11.8 Å². The van der Waals surface area contributed by atoms with Crippen LogP contribution in [0.1, 0.15) is 18.9 Å². The van der Waals surface area contributed by atoms with E-state index in [2.05, 4.69) is 5.32 Å². The van der Waals surface area contributed by atoms with Crippen molar-refractivity contribution in [3.8, 4) is 0 Å². The highest BCUT2D eigenvalue weighted by atomic mass is 16.5. The zero-order chi connectivity index (χ0) is 14.1. The highest BCUT2D eigenvalue weighted by Gasteiger charge is 2.33. The number of anilines is 2. The molecule has 2 aliphatic heterocycles. The molecular formula is C15H18N2O3. The molecule has 0 radical (unpaired) electrons. The molecule has 1 atom stereocenters. The van der Waals surface area contributed by atoms with Gasteiger partial charge in [-0.15, -0.1) is 0 Å². The lowest BCUT2D eigenvalue weighted by Gasteiger charge is -2.24. The molecule has 106 valence electrons. The minimum Gasteiger partial charge on any atom is -0.383 e. The molecule has 2 aliphatic rings. The van der Waals surface area contributed by atoms with Gasteiger partial charge in [-0.2, -0.15) is 0 Å². The average molecular weight is 274 g/mol. The molecule has 1 N–H and O–H groups in total. The summed E-state index contributed by atoms with van der Waals surface area (Å²) in [6.07, 6.45) is 1.61. The summed E-state index contributed by atoms with van der Waals surface area (Å²) in [5, 5.41) is 3.27. The Balaban J connectivity index is 1.97. The predicted molar refractivity (Wildman–Crippen MR) is 75.7 cm³/mol. The molecule has 0 aromatic heterocycles. The van der Waals surface area contributed by atoms with Gasteiger partial charge in [0, 0.05) is 20.1 Å². The van der Waals surface area contributed by atoms with Crippen molar-refractivity contribution in [1.29, 1.82) is 0 Å². The van der Waals surface area contributed by atoms with Crippen molar-refractivity contribution in [2.45, 2.75) is 19.8 Å². The van der Waals surface area contributed by atoms with Gasteiger partial charge in [0.1, 0.15) is 0 Å². The number of carbonyl (C=O) groups is 2. The van der Waals surface area contributed by atoms with Crippen LogP contribution in [0, 0.1) is 5.92 Å². The third-order valence-corrected chi connectivity index (χ3v) is 3.88. The van der Waals surface area contributed by atoms with Crippen LogP contribution >= 0.6 is 0 Å². The number of carbonyl (C=O) groups excluding carboxylic acids is 2. The molecule has 2 amide bonds. The van der Waals surface area contributed by atoms with Crippen LogP contribution < -0.4 is 10.2 Å². The van der Waals surface area contributed by atoms with Gasteiger partial charge in [0.25, 0.3) is 0 Å². The fourth-order valence-corrected chi connectivity index (χ4v) is 2.86. The maximum atomic E-state index is 12.6. The first-order valence-electron chi connectivity index (χ1n) is 6.96. The minimum absolute atomic E-state index is 0.155. The fraction of sp³-hybridized carbons (Fsp3) is 0.467. The van der Waals surface area contributed by atoms with E-state index in [1.54, 1.807) is 0 Å². The fourth-order valence-electron chi connectivity index (χ4n) is 2.86. The highest BCUT2D eigenvalue weighted by Crippen LogP contribution is 2.34. The Morgan fingerprint density at radius 2 is 2.25 bits per heavy atom. The van der Waals surface area contributed by atoms with E-state index in [0.29, 0.717) is 25.3 Å². The third-order valence-electron chi connectivity index (χ3n) is 3.88. The highest BCUT2D eigenvalue weighted by molar-refractivity contribution is 6.16. The van der Waals surface area contributed by atoms with Gasteiger partial charge >= 0.3 is 0 Å². The lowest BCUT2D eigenvalue weighted by molar-refractivity contribution is -0.127. The van der Waals surface area contributed by atoms with Crippen LogP contribution in [0.5, 0.6) is 0 Å². The molecule has 5 heteroatoms. The van der Waals surface area contributed by atoms with Crippen molar-refractivity contribution in [2.75, 3.05) is 30.0 Å². The molecule has 0 spiro atoms. The van der Waals surface area contributed by atoms with Crippen molar-refractivity contribution < 1.29 is 14.3 Å². The number of rotatable bonds is 2. The number of ether oxygens (including phenoxy) is 1. The average Bonchev–Trinajstić information content (AvgIpc) is 3.10. The zero-order valence-corrected chi connectivity index (χ0v) is 11.5. The summed E-state index contributed by atoms with van der Waals surface area (Å²) in [6.45, 7) is 3.28. The van der Waals surface area contributed by atoms with Gasteiger partial charge in [0.2, 0.25) is 11.8 Å². The number of benzene rings is 1. The van der Waals surface area contributed by atoms with Gasteiger partial charge in [0.05, 0.1) is 23.9 Å². The van der Waals surface area contributed by atoms with Crippen molar-refractivity contribution in [3.05, 3.63) is 23.8 Å². The molecule has 1 unspecified atom stereocenters. The molecule has 1 aromatic carbocycles. The Morgan fingerprint density at radius 3 is 2.95 bits per heavy atom. The van der Waals surface area contributed by atoms with E-state index in [9.17, 15) is 9.59 Å². The Hall–Kier alpha value is -1.88. The molecule has 3 rings (SSSR count). The number of nitrogens with one attached hydrogen (secondary N) is 1. The molecule has 1 fully saturated rings. The van der Waals surface area contributed by atoms with Gasteiger partial charge in [0.15, 0.2) is 0 Å². The summed E-state index contributed by atoms with van der Waals surface area (Å²) >= 11 is 0. The Morgan fingerprint density at radius 1 is 1.40 bits per heavy atom. The van der Waals surface area contributed by atoms with Crippen molar-refractivity contribution >= 4 is 23.2 Å². The Bertz CT molecular complexity index is 550. The minimum atomic E-state index is -0.246. The number of hydrogen-bond acceptors (Lipinski definition) is 4. The van der Waals surface area contributed by atoms with Crippen molar-refractivity contribution in [1.82, 2.24) is 0 Å². The lowest BCUT2D eigenvalue weighted by atomic mass is 10.1. The third kappa shape index (κ3) is 2.18. The number of nitrogens with zero attached hydrogens (tertiary/aromatic N) is 1. The first kappa shape index (κ1) is 13.1. The monoisotopic (exact) mass is 274 g/mol. The quantitative estimate of drug-likeness (QED) is 0.889. The molecule has 1 saturated heterocycles. The standard InChI is InChI=1S/C15H18N2O3/c1-10(18)17(15(19)12-6-8-20-9-12)13-4-2-3-11-5-7-16-14(11)13/h2-4,12,16H,5-9H2,1H3. The molecule has 2 heterocycles. The molecule has 0 bridgehead atoms. The summed E-state index contributed by atoms with van der Waals surface area (Å²) in [4.78, 5) is 25.9. The number of para-hydroxylation sites is 1. The van der Waals surface area contributed by atoms with Crippen LogP contribution in [0.15, 0.2) is 18.2 Å². The van der Waals surface area contributed by atoms with Crippen LogP contribution in [-0.2, 0) is 20.7 Å². The summed E-state index contributed by atoms with van der Waals surface area (Å²) < 4.78 is 5.26. The molecule has 5 nitrogen and oxygen atoms in total. The summed E-state index contributed by atoms with van der Waals surface area (Å²) in [6, 6.07) is 5.75. The number of hydrogen-bond donors (Lipinski definition) is 1. The summed E-state index contributed by atoms with van der Waals surface area (Å²) in [7, 11) is 0. The van der Waals surface area contributed by atoms with E-state index in [-0.39, 0.29) is 17.7 Å². The van der Waals surface area contributed by atoms with Gasteiger partial charge in [-0.1, -0.05) is 12.1 Å². The van der Waals surface area contributed by atoms with E-state index in [0.717, 1.165) is 24.2 Å². The van der Waals surface area contributed by atoms with E-state index >= 15 is 0 Å². The van der Waals surface area contributed by atoms with Gasteiger partial charge in [-0.25, -0.2) is 4.90 Å². The number of fused-ring (bicyclic) bond motifs is 1. The lowest BCUT2D eigenvalue weighted by Crippen LogP contribution is -2.40. The van der Waals surface area contributed by atoms with E-state index in [4.69, 9.17) is 4.74 Å². The zero-order valence-electron chi connectivity index (χ0n) is 11.5. The SMILES string of the molecule is CC(=O)N(C(=O)C1CCOC1)c1cccc2c1NCC2. The molecule has 0 aliphatic carbocycles. The largest absolute Gasteiger partial charge is 0.383 e. The Labute approximate surface area is 117 Å².